The maximum Gasteiger partial charge on any atom is 0.319 e. The van der Waals surface area contributed by atoms with E-state index in [-0.39, 0.29) is 13.2 Å². The van der Waals surface area contributed by atoms with Crippen LogP contribution in [0, 0.1) is 38.2 Å². The lowest BCUT2D eigenvalue weighted by molar-refractivity contribution is 0.247. The fourth-order valence-electron chi connectivity index (χ4n) is 2.20. The van der Waals surface area contributed by atoms with Crippen LogP contribution in [-0.2, 0) is 0 Å². The number of rotatable bonds is 5. The van der Waals surface area contributed by atoms with Crippen LogP contribution in [0.1, 0.15) is 16.7 Å². The van der Waals surface area contributed by atoms with Crippen molar-refractivity contribution in [1.29, 1.82) is 0 Å². The number of anilines is 1. The molecule has 0 radical (unpaired) electrons. The summed E-state index contributed by atoms with van der Waals surface area (Å²) in [6, 6.07) is 4.87. The summed E-state index contributed by atoms with van der Waals surface area (Å²) in [5, 5.41) is 4.57. The average molecular weight is 352 g/mol. The highest BCUT2D eigenvalue weighted by Gasteiger charge is 2.15. The predicted octanol–water partition coefficient (Wildman–Crippen LogP) is 4.23. The van der Waals surface area contributed by atoms with E-state index < -0.39 is 29.2 Å². The first-order chi connectivity index (χ1) is 11.8. The highest BCUT2D eigenvalue weighted by atomic mass is 19.2. The molecule has 0 aliphatic heterocycles. The van der Waals surface area contributed by atoms with Gasteiger partial charge in [-0.3, -0.25) is 0 Å². The topological polar surface area (TPSA) is 50.4 Å². The van der Waals surface area contributed by atoms with E-state index in [4.69, 9.17) is 4.74 Å². The Morgan fingerprint density at radius 3 is 2.40 bits per heavy atom. The number of benzene rings is 2. The second-order valence-electron chi connectivity index (χ2n) is 5.65. The number of amides is 2. The summed E-state index contributed by atoms with van der Waals surface area (Å²) in [5.74, 6) is -3.68. The van der Waals surface area contributed by atoms with Crippen LogP contribution in [-0.4, -0.2) is 19.2 Å². The molecule has 0 bridgehead atoms. The van der Waals surface area contributed by atoms with Crippen molar-refractivity contribution in [3.05, 3.63) is 58.4 Å². The highest BCUT2D eigenvalue weighted by molar-refractivity contribution is 5.89. The van der Waals surface area contributed by atoms with Gasteiger partial charge in [-0.25, -0.2) is 18.0 Å². The van der Waals surface area contributed by atoms with Gasteiger partial charge in [0.1, 0.15) is 12.4 Å². The van der Waals surface area contributed by atoms with Gasteiger partial charge in [-0.2, -0.15) is 0 Å². The number of carbonyl (C=O) groups is 1. The molecule has 0 unspecified atom stereocenters. The summed E-state index contributed by atoms with van der Waals surface area (Å²) in [7, 11) is 0. The summed E-state index contributed by atoms with van der Waals surface area (Å²) < 4.78 is 45.0. The Kier molecular flexibility index (Phi) is 5.90. The van der Waals surface area contributed by atoms with Gasteiger partial charge < -0.3 is 15.4 Å². The van der Waals surface area contributed by atoms with Gasteiger partial charge >= 0.3 is 6.03 Å². The molecule has 0 saturated heterocycles. The molecule has 0 aromatic heterocycles. The molecule has 0 aliphatic rings. The summed E-state index contributed by atoms with van der Waals surface area (Å²) in [5.41, 5.74) is 2.80. The molecule has 0 atom stereocenters. The number of ether oxygens (including phenoxy) is 1. The molecule has 7 heteroatoms. The molecule has 0 saturated carbocycles. The maximum absolute atomic E-state index is 13.5. The number of hydrogen-bond acceptors (Lipinski definition) is 2. The van der Waals surface area contributed by atoms with Crippen LogP contribution in [0.3, 0.4) is 0 Å². The van der Waals surface area contributed by atoms with E-state index >= 15 is 0 Å². The Balaban J connectivity index is 1.83. The van der Waals surface area contributed by atoms with E-state index in [2.05, 4.69) is 10.6 Å². The Bertz CT molecular complexity index is 794. The molecular formula is C18H19F3N2O2. The first kappa shape index (κ1) is 18.6. The van der Waals surface area contributed by atoms with E-state index in [0.717, 1.165) is 34.6 Å². The lowest BCUT2D eigenvalue weighted by atomic mass is 10.1. The summed E-state index contributed by atoms with van der Waals surface area (Å²) in [4.78, 5) is 11.7. The Labute approximate surface area is 144 Å². The molecule has 0 spiro atoms. The maximum atomic E-state index is 13.5. The molecule has 2 rings (SSSR count). The minimum absolute atomic E-state index is 0.156. The van der Waals surface area contributed by atoms with E-state index in [1.807, 2.05) is 32.9 Å². The third-order valence-electron chi connectivity index (χ3n) is 3.72. The molecule has 2 N–H and O–H groups in total. The molecule has 0 fully saturated rings. The quantitative estimate of drug-likeness (QED) is 0.625. The van der Waals surface area contributed by atoms with Crippen LogP contribution in [0.25, 0.3) is 0 Å². The van der Waals surface area contributed by atoms with Crippen molar-refractivity contribution in [1.82, 2.24) is 5.32 Å². The number of nitrogens with one attached hydrogen (secondary N) is 2. The fraction of sp³-hybridized carbons (Fsp3) is 0.278. The van der Waals surface area contributed by atoms with Crippen molar-refractivity contribution >= 4 is 11.7 Å². The zero-order valence-electron chi connectivity index (χ0n) is 14.2. The first-order valence-electron chi connectivity index (χ1n) is 7.68. The van der Waals surface area contributed by atoms with Crippen LogP contribution in [0.15, 0.2) is 24.3 Å². The van der Waals surface area contributed by atoms with Crippen LogP contribution < -0.4 is 15.4 Å². The summed E-state index contributed by atoms with van der Waals surface area (Å²) in [6.45, 7) is 6.27. The Morgan fingerprint density at radius 1 is 1.00 bits per heavy atom. The molecular weight excluding hydrogens is 333 g/mol. The molecule has 2 amide bonds. The fourth-order valence-corrected chi connectivity index (χ4v) is 2.20. The zero-order chi connectivity index (χ0) is 18.6. The van der Waals surface area contributed by atoms with Crippen LogP contribution >= 0.6 is 0 Å². The van der Waals surface area contributed by atoms with Crippen LogP contribution in [0.2, 0.25) is 0 Å². The van der Waals surface area contributed by atoms with Crippen molar-refractivity contribution < 1.29 is 22.7 Å². The van der Waals surface area contributed by atoms with Gasteiger partial charge in [0.25, 0.3) is 0 Å². The second kappa shape index (κ2) is 7.92. The Hall–Kier alpha value is -2.70. The number of carbonyl (C=O) groups excluding carboxylic acids is 1. The van der Waals surface area contributed by atoms with Crippen molar-refractivity contribution in [3.8, 4) is 5.75 Å². The van der Waals surface area contributed by atoms with Crippen molar-refractivity contribution in [2.75, 3.05) is 18.5 Å². The average Bonchev–Trinajstić information content (AvgIpc) is 2.56. The minimum atomic E-state index is -1.63. The van der Waals surface area contributed by atoms with E-state index in [1.165, 1.54) is 0 Å². The number of hydrogen-bond donors (Lipinski definition) is 2. The van der Waals surface area contributed by atoms with E-state index in [1.54, 1.807) is 0 Å². The third-order valence-corrected chi connectivity index (χ3v) is 3.72. The number of aryl methyl sites for hydroxylation is 3. The third kappa shape index (κ3) is 4.65. The predicted molar refractivity (Wildman–Crippen MR) is 89.5 cm³/mol. The smallest absolute Gasteiger partial charge is 0.319 e. The van der Waals surface area contributed by atoms with Gasteiger partial charge in [-0.15, -0.1) is 0 Å². The molecule has 2 aromatic rings. The van der Waals surface area contributed by atoms with Crippen molar-refractivity contribution in [2.45, 2.75) is 20.8 Å². The van der Waals surface area contributed by atoms with Crippen molar-refractivity contribution in [3.63, 3.8) is 0 Å². The normalized spacial score (nSPS) is 10.5. The first-order valence-corrected chi connectivity index (χ1v) is 7.68. The molecule has 0 aliphatic carbocycles. The highest BCUT2D eigenvalue weighted by Crippen LogP contribution is 2.22. The second-order valence-corrected chi connectivity index (χ2v) is 5.65. The zero-order valence-corrected chi connectivity index (χ0v) is 14.2. The van der Waals surface area contributed by atoms with Gasteiger partial charge in [-0.05, 0) is 55.7 Å². The standard InChI is InChI=1S/C18H19F3N2O2/c1-10-8-12(3)15(9-11(10)2)25-7-6-22-18(24)23-14-5-4-13(19)16(20)17(14)21/h4-5,8-9H,6-7H2,1-3H3,(H2,22,23,24). The largest absolute Gasteiger partial charge is 0.491 e. The van der Waals surface area contributed by atoms with E-state index in [0.29, 0.717) is 0 Å². The van der Waals surface area contributed by atoms with Gasteiger partial charge in [0, 0.05) is 0 Å². The molecule has 134 valence electrons. The lowest BCUT2D eigenvalue weighted by Gasteiger charge is -2.13. The van der Waals surface area contributed by atoms with Crippen LogP contribution in [0.4, 0.5) is 23.7 Å². The van der Waals surface area contributed by atoms with Gasteiger partial charge in [-0.1, -0.05) is 6.07 Å². The van der Waals surface area contributed by atoms with Crippen molar-refractivity contribution in [2.24, 2.45) is 0 Å². The van der Waals surface area contributed by atoms with Gasteiger partial charge in [0.15, 0.2) is 17.5 Å². The number of halogens is 3. The van der Waals surface area contributed by atoms with E-state index in [9.17, 15) is 18.0 Å². The lowest BCUT2D eigenvalue weighted by Crippen LogP contribution is -2.32. The van der Waals surface area contributed by atoms with Gasteiger partial charge in [0.2, 0.25) is 0 Å². The summed E-state index contributed by atoms with van der Waals surface area (Å²) >= 11 is 0. The van der Waals surface area contributed by atoms with Crippen LogP contribution in [0.5, 0.6) is 5.75 Å². The number of urea groups is 1. The molecule has 2 aromatic carbocycles. The molecule has 0 heterocycles. The SMILES string of the molecule is Cc1cc(C)c(OCCNC(=O)Nc2ccc(F)c(F)c2F)cc1C. The van der Waals surface area contributed by atoms with Gasteiger partial charge in [0.05, 0.1) is 12.2 Å². The molecule has 4 nitrogen and oxygen atoms in total. The Morgan fingerprint density at radius 2 is 1.68 bits per heavy atom. The minimum Gasteiger partial charge on any atom is -0.491 e. The monoisotopic (exact) mass is 352 g/mol. The molecule has 25 heavy (non-hydrogen) atoms. The summed E-state index contributed by atoms with van der Waals surface area (Å²) in [6.07, 6.45) is 0.